The molecule has 0 bridgehead atoms. The number of carbonyl (C=O) groups is 1. The van der Waals surface area contributed by atoms with Crippen LogP contribution in [0.1, 0.15) is 16.2 Å². The number of aromatic nitrogens is 4. The number of hydrogen-bond donors (Lipinski definition) is 1. The highest BCUT2D eigenvalue weighted by molar-refractivity contribution is 5.94. The molecule has 0 spiro atoms. The van der Waals surface area contributed by atoms with Crippen LogP contribution >= 0.6 is 0 Å². The predicted molar refractivity (Wildman–Crippen MR) is 88.1 cm³/mol. The Bertz CT molecular complexity index is 907. The molecule has 0 fully saturated rings. The summed E-state index contributed by atoms with van der Waals surface area (Å²) in [6, 6.07) is 11.9. The molecule has 7 heteroatoms. The first-order valence-electron chi connectivity index (χ1n) is 7.32. The fourth-order valence-electron chi connectivity index (χ4n) is 2.17. The molecule has 24 heavy (non-hydrogen) atoms. The molecule has 0 radical (unpaired) electrons. The van der Waals surface area contributed by atoms with Crippen LogP contribution in [-0.2, 0) is 13.6 Å². The number of rotatable bonds is 4. The van der Waals surface area contributed by atoms with Crippen molar-refractivity contribution in [2.75, 3.05) is 0 Å². The summed E-state index contributed by atoms with van der Waals surface area (Å²) in [5.41, 5.74) is 1.33. The second-order valence-corrected chi connectivity index (χ2v) is 5.10. The SMILES string of the molecule is Cn1c(CNC(=O)c2ccccc2)nc(-c2ccncn2)cc1=O. The lowest BCUT2D eigenvalue weighted by atomic mass is 10.2. The van der Waals surface area contributed by atoms with Crippen molar-refractivity contribution >= 4 is 5.91 Å². The van der Waals surface area contributed by atoms with E-state index in [1.54, 1.807) is 43.6 Å². The molecule has 0 saturated carbocycles. The molecule has 0 aliphatic heterocycles. The standard InChI is InChI=1S/C17H15N5O2/c1-22-15(10-19-17(24)12-5-3-2-4-6-12)21-14(9-16(22)23)13-7-8-18-11-20-13/h2-9,11H,10H2,1H3,(H,19,24). The summed E-state index contributed by atoms with van der Waals surface area (Å²) < 4.78 is 1.40. The first-order valence-corrected chi connectivity index (χ1v) is 7.32. The van der Waals surface area contributed by atoms with E-state index in [2.05, 4.69) is 20.3 Å². The van der Waals surface area contributed by atoms with Crippen molar-refractivity contribution in [1.29, 1.82) is 0 Å². The van der Waals surface area contributed by atoms with Gasteiger partial charge in [0.2, 0.25) is 0 Å². The highest BCUT2D eigenvalue weighted by Crippen LogP contribution is 2.11. The topological polar surface area (TPSA) is 89.8 Å². The van der Waals surface area contributed by atoms with Crippen LogP contribution in [0.15, 0.2) is 59.8 Å². The third-order valence-corrected chi connectivity index (χ3v) is 3.51. The number of amides is 1. The molecule has 0 aliphatic rings. The van der Waals surface area contributed by atoms with Gasteiger partial charge < -0.3 is 5.32 Å². The number of carbonyl (C=O) groups excluding carboxylic acids is 1. The van der Waals surface area contributed by atoms with Crippen LogP contribution in [0.3, 0.4) is 0 Å². The zero-order valence-electron chi connectivity index (χ0n) is 13.0. The molecule has 0 saturated heterocycles. The summed E-state index contributed by atoms with van der Waals surface area (Å²) in [6.07, 6.45) is 2.98. The van der Waals surface area contributed by atoms with Crippen LogP contribution in [0.5, 0.6) is 0 Å². The summed E-state index contributed by atoms with van der Waals surface area (Å²) >= 11 is 0. The van der Waals surface area contributed by atoms with Crippen molar-refractivity contribution in [2.24, 2.45) is 7.05 Å². The third kappa shape index (κ3) is 3.35. The largest absolute Gasteiger partial charge is 0.345 e. The molecule has 1 amide bonds. The molecule has 2 aromatic heterocycles. The van der Waals surface area contributed by atoms with Crippen molar-refractivity contribution in [1.82, 2.24) is 24.8 Å². The molecular formula is C17H15N5O2. The van der Waals surface area contributed by atoms with Gasteiger partial charge in [0.25, 0.3) is 11.5 Å². The Morgan fingerprint density at radius 1 is 1.17 bits per heavy atom. The Hall–Kier alpha value is -3.35. The molecule has 0 atom stereocenters. The maximum atomic E-state index is 12.1. The fourth-order valence-corrected chi connectivity index (χ4v) is 2.17. The maximum Gasteiger partial charge on any atom is 0.253 e. The van der Waals surface area contributed by atoms with Crippen LogP contribution in [0.2, 0.25) is 0 Å². The Balaban J connectivity index is 1.84. The molecule has 3 aromatic rings. The summed E-state index contributed by atoms with van der Waals surface area (Å²) in [5, 5.41) is 2.77. The summed E-state index contributed by atoms with van der Waals surface area (Å²) in [5.74, 6) is 0.220. The van der Waals surface area contributed by atoms with E-state index >= 15 is 0 Å². The second kappa shape index (κ2) is 6.82. The van der Waals surface area contributed by atoms with Crippen molar-refractivity contribution in [3.05, 3.63) is 76.7 Å². The van der Waals surface area contributed by atoms with E-state index in [9.17, 15) is 9.59 Å². The molecular weight excluding hydrogens is 306 g/mol. The fraction of sp³-hybridized carbons (Fsp3) is 0.118. The molecule has 120 valence electrons. The zero-order valence-corrected chi connectivity index (χ0v) is 13.0. The van der Waals surface area contributed by atoms with Gasteiger partial charge in [0.1, 0.15) is 12.2 Å². The highest BCUT2D eigenvalue weighted by Gasteiger charge is 2.10. The van der Waals surface area contributed by atoms with Crippen molar-refractivity contribution in [3.8, 4) is 11.4 Å². The molecule has 1 N–H and O–H groups in total. The van der Waals surface area contributed by atoms with Crippen LogP contribution in [0.4, 0.5) is 0 Å². The Morgan fingerprint density at radius 3 is 2.67 bits per heavy atom. The lowest BCUT2D eigenvalue weighted by Crippen LogP contribution is -2.29. The van der Waals surface area contributed by atoms with Crippen LogP contribution in [0.25, 0.3) is 11.4 Å². The van der Waals surface area contributed by atoms with Crippen molar-refractivity contribution < 1.29 is 4.79 Å². The van der Waals surface area contributed by atoms with Gasteiger partial charge >= 0.3 is 0 Å². The van der Waals surface area contributed by atoms with Crippen molar-refractivity contribution in [3.63, 3.8) is 0 Å². The highest BCUT2D eigenvalue weighted by atomic mass is 16.1. The van der Waals surface area contributed by atoms with E-state index in [0.717, 1.165) is 0 Å². The van der Waals surface area contributed by atoms with Gasteiger partial charge in [0.05, 0.1) is 17.9 Å². The quantitative estimate of drug-likeness (QED) is 0.779. The Labute approximate surface area is 138 Å². The number of nitrogens with zero attached hydrogens (tertiary/aromatic N) is 4. The lowest BCUT2D eigenvalue weighted by Gasteiger charge is -2.10. The average Bonchev–Trinajstić information content (AvgIpc) is 2.64. The van der Waals surface area contributed by atoms with E-state index in [0.29, 0.717) is 22.8 Å². The van der Waals surface area contributed by atoms with Crippen LogP contribution < -0.4 is 10.9 Å². The minimum Gasteiger partial charge on any atom is -0.345 e. The van der Waals surface area contributed by atoms with Crippen molar-refractivity contribution in [2.45, 2.75) is 6.54 Å². The van der Waals surface area contributed by atoms with Gasteiger partial charge in [-0.15, -0.1) is 0 Å². The second-order valence-electron chi connectivity index (χ2n) is 5.10. The number of hydrogen-bond acceptors (Lipinski definition) is 5. The lowest BCUT2D eigenvalue weighted by molar-refractivity contribution is 0.0949. The molecule has 0 aliphatic carbocycles. The predicted octanol–water partition coefficient (Wildman–Crippen LogP) is 1.17. The first-order chi connectivity index (χ1) is 11.6. The summed E-state index contributed by atoms with van der Waals surface area (Å²) in [6.45, 7) is 0.137. The number of nitrogens with one attached hydrogen (secondary N) is 1. The molecule has 0 unspecified atom stereocenters. The minimum atomic E-state index is -0.225. The molecule has 3 rings (SSSR count). The zero-order chi connectivity index (χ0) is 16.9. The molecule has 7 nitrogen and oxygen atoms in total. The van der Waals surface area contributed by atoms with Crippen LogP contribution in [-0.4, -0.2) is 25.4 Å². The van der Waals surface area contributed by atoms with Crippen LogP contribution in [0, 0.1) is 0 Å². The van der Waals surface area contributed by atoms with Gasteiger partial charge in [0.15, 0.2) is 0 Å². The monoisotopic (exact) mass is 321 g/mol. The molecule has 2 heterocycles. The van der Waals surface area contributed by atoms with Gasteiger partial charge in [-0.1, -0.05) is 18.2 Å². The van der Waals surface area contributed by atoms with Gasteiger partial charge in [-0.05, 0) is 18.2 Å². The van der Waals surface area contributed by atoms with Gasteiger partial charge in [-0.3, -0.25) is 14.2 Å². The number of benzene rings is 1. The van der Waals surface area contributed by atoms with E-state index in [1.165, 1.54) is 17.0 Å². The molecule has 1 aromatic carbocycles. The smallest absolute Gasteiger partial charge is 0.253 e. The normalized spacial score (nSPS) is 10.4. The van der Waals surface area contributed by atoms with Gasteiger partial charge in [-0.25, -0.2) is 15.0 Å². The average molecular weight is 321 g/mol. The van der Waals surface area contributed by atoms with E-state index in [4.69, 9.17) is 0 Å². The summed E-state index contributed by atoms with van der Waals surface area (Å²) in [4.78, 5) is 36.6. The third-order valence-electron chi connectivity index (χ3n) is 3.51. The Kier molecular flexibility index (Phi) is 4.42. The van der Waals surface area contributed by atoms with E-state index in [-0.39, 0.29) is 18.0 Å². The van der Waals surface area contributed by atoms with E-state index in [1.807, 2.05) is 6.07 Å². The summed E-state index contributed by atoms with van der Waals surface area (Å²) in [7, 11) is 1.61. The Morgan fingerprint density at radius 2 is 1.96 bits per heavy atom. The van der Waals surface area contributed by atoms with Gasteiger partial charge in [0, 0.05) is 24.9 Å². The van der Waals surface area contributed by atoms with Gasteiger partial charge in [-0.2, -0.15) is 0 Å². The van der Waals surface area contributed by atoms with E-state index < -0.39 is 0 Å². The minimum absolute atomic E-state index is 0.137. The first kappa shape index (κ1) is 15.5. The maximum absolute atomic E-state index is 12.1.